The highest BCUT2D eigenvalue weighted by atomic mass is 16.6. The lowest BCUT2D eigenvalue weighted by Gasteiger charge is -2.20. The second-order valence-corrected chi connectivity index (χ2v) is 3.53. The third-order valence-corrected chi connectivity index (χ3v) is 2.49. The number of carbonyl (C=O) groups excluding carboxylic acids is 1. The summed E-state index contributed by atoms with van der Waals surface area (Å²) in [5.41, 5.74) is 7.21. The molecule has 0 bridgehead atoms. The zero-order valence-electron chi connectivity index (χ0n) is 8.27. The molecule has 1 amide bonds. The maximum atomic E-state index is 10.5. The molecule has 0 saturated heterocycles. The third kappa shape index (κ3) is 2.37. The van der Waals surface area contributed by atoms with E-state index in [1.165, 1.54) is 5.57 Å². The number of nitrogens with one attached hydrogen (secondary N) is 1. The molecule has 0 spiro atoms. The van der Waals surface area contributed by atoms with Gasteiger partial charge in [0.05, 0.1) is 5.69 Å². The van der Waals surface area contributed by atoms with E-state index in [0.29, 0.717) is 0 Å². The molecule has 0 fully saturated rings. The van der Waals surface area contributed by atoms with Crippen LogP contribution >= 0.6 is 0 Å². The van der Waals surface area contributed by atoms with Crippen molar-refractivity contribution in [2.45, 2.75) is 25.4 Å². The summed E-state index contributed by atoms with van der Waals surface area (Å²) in [4.78, 5) is 10.5. The Morgan fingerprint density at radius 2 is 2.53 bits per heavy atom. The molecule has 15 heavy (non-hydrogen) atoms. The Labute approximate surface area is 87.3 Å². The number of nitrogens with two attached hydrogens (primary N) is 1. The van der Waals surface area contributed by atoms with E-state index in [4.69, 9.17) is 10.5 Å². The van der Waals surface area contributed by atoms with Crippen molar-refractivity contribution in [3.05, 3.63) is 24.0 Å². The molecule has 0 saturated carbocycles. The number of H-pyrrole nitrogens is 1. The lowest BCUT2D eigenvalue weighted by molar-refractivity contribution is 0.102. The minimum atomic E-state index is -0.696. The quantitative estimate of drug-likeness (QED) is 0.769. The SMILES string of the molecule is NC(=O)OC1CC=C(c2ccn[nH]2)CC1. The minimum absolute atomic E-state index is 0.0748. The van der Waals surface area contributed by atoms with Gasteiger partial charge in [0.1, 0.15) is 6.10 Å². The second kappa shape index (κ2) is 4.16. The summed E-state index contributed by atoms with van der Waals surface area (Å²) in [6.45, 7) is 0. The molecule has 80 valence electrons. The summed E-state index contributed by atoms with van der Waals surface area (Å²) in [6.07, 6.45) is 5.42. The number of aromatic nitrogens is 2. The number of carbonyl (C=O) groups is 1. The Morgan fingerprint density at radius 1 is 1.67 bits per heavy atom. The van der Waals surface area contributed by atoms with Crippen molar-refractivity contribution in [2.24, 2.45) is 5.73 Å². The normalized spacial score (nSPS) is 20.8. The van der Waals surface area contributed by atoms with Crippen molar-refractivity contribution in [2.75, 3.05) is 0 Å². The van der Waals surface area contributed by atoms with E-state index < -0.39 is 6.09 Å². The van der Waals surface area contributed by atoms with E-state index in [1.54, 1.807) is 6.20 Å². The highest BCUT2D eigenvalue weighted by Crippen LogP contribution is 2.26. The summed E-state index contributed by atoms with van der Waals surface area (Å²) < 4.78 is 4.93. The van der Waals surface area contributed by atoms with E-state index in [1.807, 2.05) is 6.07 Å². The number of primary amides is 1. The van der Waals surface area contributed by atoms with Gasteiger partial charge in [-0.3, -0.25) is 5.10 Å². The van der Waals surface area contributed by atoms with E-state index in [0.717, 1.165) is 25.0 Å². The smallest absolute Gasteiger partial charge is 0.404 e. The predicted molar refractivity (Wildman–Crippen MR) is 54.9 cm³/mol. The Bertz CT molecular complexity index is 370. The Morgan fingerprint density at radius 3 is 3.07 bits per heavy atom. The van der Waals surface area contributed by atoms with E-state index in [-0.39, 0.29) is 6.10 Å². The molecule has 0 radical (unpaired) electrons. The van der Waals surface area contributed by atoms with Crippen molar-refractivity contribution >= 4 is 11.7 Å². The maximum absolute atomic E-state index is 10.5. The van der Waals surface area contributed by atoms with Gasteiger partial charge in [0, 0.05) is 12.6 Å². The van der Waals surface area contributed by atoms with Crippen LogP contribution in [0.15, 0.2) is 18.3 Å². The summed E-state index contributed by atoms with van der Waals surface area (Å²) in [5, 5.41) is 6.81. The first-order valence-corrected chi connectivity index (χ1v) is 4.90. The predicted octanol–water partition coefficient (Wildman–Crippen LogP) is 1.44. The van der Waals surface area contributed by atoms with Gasteiger partial charge in [-0.1, -0.05) is 6.08 Å². The summed E-state index contributed by atoms with van der Waals surface area (Å²) in [6, 6.07) is 1.93. The van der Waals surface area contributed by atoms with Crippen molar-refractivity contribution in [3.8, 4) is 0 Å². The molecule has 1 aromatic heterocycles. The number of nitrogens with zero attached hydrogens (tertiary/aromatic N) is 1. The number of hydrogen-bond donors (Lipinski definition) is 2. The van der Waals surface area contributed by atoms with Crippen LogP contribution in [-0.4, -0.2) is 22.4 Å². The molecule has 1 unspecified atom stereocenters. The van der Waals surface area contributed by atoms with Crippen LogP contribution in [0.1, 0.15) is 25.0 Å². The number of amides is 1. The Kier molecular flexibility index (Phi) is 2.71. The first-order chi connectivity index (χ1) is 7.25. The molecule has 0 aromatic carbocycles. The molecule has 1 aliphatic carbocycles. The van der Waals surface area contributed by atoms with Gasteiger partial charge in [-0.05, 0) is 24.5 Å². The van der Waals surface area contributed by atoms with Gasteiger partial charge in [0.25, 0.3) is 0 Å². The molecule has 2 rings (SSSR count). The molecule has 1 aliphatic rings. The second-order valence-electron chi connectivity index (χ2n) is 3.53. The number of ether oxygens (including phenoxy) is 1. The van der Waals surface area contributed by atoms with Crippen LogP contribution < -0.4 is 5.73 Å². The highest BCUT2D eigenvalue weighted by Gasteiger charge is 2.18. The minimum Gasteiger partial charge on any atom is -0.446 e. The Hall–Kier alpha value is -1.78. The van der Waals surface area contributed by atoms with E-state index in [9.17, 15) is 4.79 Å². The number of rotatable bonds is 2. The maximum Gasteiger partial charge on any atom is 0.404 e. The average Bonchev–Trinajstić information content (AvgIpc) is 2.71. The monoisotopic (exact) mass is 207 g/mol. The zero-order chi connectivity index (χ0) is 10.7. The fourth-order valence-electron chi connectivity index (χ4n) is 1.76. The van der Waals surface area contributed by atoms with Crippen LogP contribution in [0.5, 0.6) is 0 Å². The topological polar surface area (TPSA) is 81.0 Å². The van der Waals surface area contributed by atoms with Crippen molar-refractivity contribution in [1.82, 2.24) is 10.2 Å². The van der Waals surface area contributed by atoms with Gasteiger partial charge in [0.2, 0.25) is 0 Å². The molecule has 5 heteroatoms. The molecule has 5 nitrogen and oxygen atoms in total. The fraction of sp³-hybridized carbons (Fsp3) is 0.400. The van der Waals surface area contributed by atoms with Gasteiger partial charge >= 0.3 is 6.09 Å². The first-order valence-electron chi connectivity index (χ1n) is 4.90. The summed E-state index contributed by atoms with van der Waals surface area (Å²) in [7, 11) is 0. The van der Waals surface area contributed by atoms with Gasteiger partial charge in [-0.2, -0.15) is 5.10 Å². The number of hydrogen-bond acceptors (Lipinski definition) is 3. The molecule has 1 heterocycles. The molecule has 1 aromatic rings. The van der Waals surface area contributed by atoms with Gasteiger partial charge in [0.15, 0.2) is 0 Å². The van der Waals surface area contributed by atoms with Crippen molar-refractivity contribution < 1.29 is 9.53 Å². The van der Waals surface area contributed by atoms with E-state index in [2.05, 4.69) is 16.3 Å². The van der Waals surface area contributed by atoms with Crippen LogP contribution in [-0.2, 0) is 4.74 Å². The third-order valence-electron chi connectivity index (χ3n) is 2.49. The lowest BCUT2D eigenvalue weighted by atomic mass is 9.95. The number of aromatic amines is 1. The Balaban J connectivity index is 1.98. The first kappa shape index (κ1) is 9.76. The van der Waals surface area contributed by atoms with Crippen molar-refractivity contribution in [1.29, 1.82) is 0 Å². The van der Waals surface area contributed by atoms with E-state index >= 15 is 0 Å². The summed E-state index contributed by atoms with van der Waals surface area (Å²) in [5.74, 6) is 0. The van der Waals surface area contributed by atoms with Crippen molar-refractivity contribution in [3.63, 3.8) is 0 Å². The molecule has 3 N–H and O–H groups in total. The van der Waals surface area contributed by atoms with Gasteiger partial charge in [-0.15, -0.1) is 0 Å². The highest BCUT2D eigenvalue weighted by molar-refractivity contribution is 5.66. The van der Waals surface area contributed by atoms with Crippen LogP contribution in [0.25, 0.3) is 5.57 Å². The van der Waals surface area contributed by atoms with Crippen LogP contribution in [0, 0.1) is 0 Å². The summed E-state index contributed by atoms with van der Waals surface area (Å²) >= 11 is 0. The van der Waals surface area contributed by atoms with Gasteiger partial charge in [-0.25, -0.2) is 4.79 Å². The molecular formula is C10H13N3O2. The standard InChI is InChI=1S/C10H13N3O2/c11-10(14)15-8-3-1-7(2-4-8)9-5-6-12-13-9/h1,5-6,8H,2-4H2,(H2,11,14)(H,12,13). The lowest BCUT2D eigenvalue weighted by Crippen LogP contribution is -2.24. The average molecular weight is 207 g/mol. The number of allylic oxidation sites excluding steroid dienone is 1. The zero-order valence-corrected chi connectivity index (χ0v) is 8.27. The molecular weight excluding hydrogens is 194 g/mol. The van der Waals surface area contributed by atoms with Crippen LogP contribution in [0.2, 0.25) is 0 Å². The molecule has 1 atom stereocenters. The van der Waals surface area contributed by atoms with Crippen LogP contribution in [0.3, 0.4) is 0 Å². The molecule has 0 aliphatic heterocycles. The van der Waals surface area contributed by atoms with Gasteiger partial charge < -0.3 is 10.5 Å². The largest absolute Gasteiger partial charge is 0.446 e. The van der Waals surface area contributed by atoms with Crippen LogP contribution in [0.4, 0.5) is 4.79 Å². The fourth-order valence-corrected chi connectivity index (χ4v) is 1.76.